The number of hydrogen-bond acceptors (Lipinski definition) is 3. The van der Waals surface area contributed by atoms with Gasteiger partial charge in [0.05, 0.1) is 6.54 Å². The summed E-state index contributed by atoms with van der Waals surface area (Å²) in [5.41, 5.74) is 4.19. The molecule has 0 amide bonds. The molecule has 2 aromatic heterocycles. The maximum atomic E-state index is 10.8. The second kappa shape index (κ2) is 4.40. The molecule has 0 atom stereocenters. The number of aromatic nitrogens is 1. The number of carbonyl (C=O) groups is 1. The minimum absolute atomic E-state index is 0.391. The zero-order chi connectivity index (χ0) is 11.5. The van der Waals surface area contributed by atoms with E-state index >= 15 is 0 Å². The van der Waals surface area contributed by atoms with Crippen molar-refractivity contribution >= 4 is 17.3 Å². The first-order valence-electron chi connectivity index (χ1n) is 4.86. The van der Waals surface area contributed by atoms with Crippen LogP contribution in [-0.4, -0.2) is 15.8 Å². The lowest BCUT2D eigenvalue weighted by Gasteiger charge is -2.06. The first-order valence-corrected chi connectivity index (χ1v) is 5.68. The molecule has 0 saturated heterocycles. The smallest absolute Gasteiger partial charge is 0.345 e. The van der Waals surface area contributed by atoms with Crippen LogP contribution in [0, 0.1) is 6.92 Å². The van der Waals surface area contributed by atoms with Crippen LogP contribution in [0.5, 0.6) is 0 Å². The van der Waals surface area contributed by atoms with Gasteiger partial charge < -0.3 is 10.5 Å². The fourth-order valence-electron chi connectivity index (χ4n) is 1.42. The van der Waals surface area contributed by atoms with Gasteiger partial charge in [-0.2, -0.15) is 0 Å². The molecule has 2 heterocycles. The van der Waals surface area contributed by atoms with Crippen molar-refractivity contribution in [3.05, 3.63) is 45.9 Å². The predicted octanol–water partition coefficient (Wildman–Crippen LogP) is 2.30. The highest BCUT2D eigenvalue weighted by molar-refractivity contribution is 7.14. The molecule has 0 spiro atoms. The molecule has 0 aliphatic rings. The van der Waals surface area contributed by atoms with Gasteiger partial charge in [-0.25, -0.2) is 4.79 Å². The normalized spacial score (nSPS) is 10.3. The Balaban J connectivity index is 2.07. The molecule has 2 rings (SSSR count). The van der Waals surface area contributed by atoms with Crippen molar-refractivity contribution in [1.82, 2.24) is 4.68 Å². The summed E-state index contributed by atoms with van der Waals surface area (Å²) in [4.78, 5) is 12.2. The Bertz CT molecular complexity index is 488. The minimum Gasteiger partial charge on any atom is -0.477 e. The van der Waals surface area contributed by atoms with Crippen molar-refractivity contribution in [2.75, 3.05) is 5.43 Å². The Hall–Kier alpha value is -1.75. The van der Waals surface area contributed by atoms with Crippen LogP contribution >= 0.6 is 11.3 Å². The van der Waals surface area contributed by atoms with E-state index in [1.807, 2.05) is 36.1 Å². The third-order valence-electron chi connectivity index (χ3n) is 2.29. The molecule has 0 aliphatic heterocycles. The molecule has 16 heavy (non-hydrogen) atoms. The van der Waals surface area contributed by atoms with E-state index in [1.54, 1.807) is 6.07 Å². The van der Waals surface area contributed by atoms with Gasteiger partial charge in [-0.3, -0.25) is 4.68 Å². The summed E-state index contributed by atoms with van der Waals surface area (Å²) in [5, 5.41) is 8.86. The summed E-state index contributed by atoms with van der Waals surface area (Å²) >= 11 is 1.31. The highest BCUT2D eigenvalue weighted by Crippen LogP contribution is 2.21. The van der Waals surface area contributed by atoms with Crippen molar-refractivity contribution in [2.45, 2.75) is 13.5 Å². The molecule has 2 aromatic rings. The maximum absolute atomic E-state index is 10.8. The Morgan fingerprint density at radius 2 is 2.19 bits per heavy atom. The number of thiophene rings is 1. The Morgan fingerprint density at radius 1 is 1.50 bits per heavy atom. The highest BCUT2D eigenvalue weighted by atomic mass is 32.1. The van der Waals surface area contributed by atoms with Crippen molar-refractivity contribution < 1.29 is 9.90 Å². The van der Waals surface area contributed by atoms with Gasteiger partial charge in [0.1, 0.15) is 4.88 Å². The van der Waals surface area contributed by atoms with Gasteiger partial charge in [-0.1, -0.05) is 0 Å². The van der Waals surface area contributed by atoms with Gasteiger partial charge in [0.25, 0.3) is 0 Å². The number of carboxylic acids is 1. The topological polar surface area (TPSA) is 54.3 Å². The van der Waals surface area contributed by atoms with Gasteiger partial charge in [-0.15, -0.1) is 11.3 Å². The highest BCUT2D eigenvalue weighted by Gasteiger charge is 2.10. The monoisotopic (exact) mass is 236 g/mol. The number of rotatable bonds is 4. The molecule has 4 nitrogen and oxygen atoms in total. The lowest BCUT2D eigenvalue weighted by atomic mass is 10.2. The molecule has 0 saturated carbocycles. The third-order valence-corrected chi connectivity index (χ3v) is 3.37. The average Bonchev–Trinajstić information content (AvgIpc) is 2.84. The van der Waals surface area contributed by atoms with Gasteiger partial charge >= 0.3 is 5.97 Å². The van der Waals surface area contributed by atoms with Crippen LogP contribution in [0.4, 0.5) is 0 Å². The molecule has 2 N–H and O–H groups in total. The average molecular weight is 236 g/mol. The largest absolute Gasteiger partial charge is 0.477 e. The van der Waals surface area contributed by atoms with Gasteiger partial charge in [-0.05, 0) is 30.7 Å². The molecule has 0 radical (unpaired) electrons. The fraction of sp³-hybridized carbons (Fsp3) is 0.182. The van der Waals surface area contributed by atoms with E-state index in [9.17, 15) is 4.79 Å². The molecule has 0 fully saturated rings. The van der Waals surface area contributed by atoms with Crippen molar-refractivity contribution in [3.63, 3.8) is 0 Å². The number of aryl methyl sites for hydroxylation is 1. The van der Waals surface area contributed by atoms with Crippen LogP contribution < -0.4 is 5.43 Å². The van der Waals surface area contributed by atoms with Crippen molar-refractivity contribution in [3.8, 4) is 0 Å². The molecule has 5 heteroatoms. The molecule has 0 aromatic carbocycles. The number of nitrogens with zero attached hydrogens (tertiary/aromatic N) is 1. The number of hydrogen-bond donors (Lipinski definition) is 2. The molecule has 84 valence electrons. The Morgan fingerprint density at radius 3 is 2.75 bits per heavy atom. The van der Waals surface area contributed by atoms with Crippen LogP contribution in [-0.2, 0) is 6.54 Å². The number of carboxylic acid groups (broad SMARTS) is 1. The zero-order valence-electron chi connectivity index (χ0n) is 8.80. The third kappa shape index (κ3) is 2.25. The van der Waals surface area contributed by atoms with Crippen LogP contribution in [0.3, 0.4) is 0 Å². The van der Waals surface area contributed by atoms with E-state index in [0.717, 1.165) is 10.4 Å². The van der Waals surface area contributed by atoms with Gasteiger partial charge in [0.15, 0.2) is 0 Å². The van der Waals surface area contributed by atoms with E-state index in [2.05, 4.69) is 5.43 Å². The number of nitrogens with one attached hydrogen (secondary N) is 1. The molecular formula is C11H12N2O2S. The van der Waals surface area contributed by atoms with Crippen LogP contribution in [0.25, 0.3) is 0 Å². The quantitative estimate of drug-likeness (QED) is 0.856. The molecule has 0 aliphatic carbocycles. The summed E-state index contributed by atoms with van der Waals surface area (Å²) in [6.07, 6.45) is 3.81. The Kier molecular flexibility index (Phi) is 2.96. The van der Waals surface area contributed by atoms with Gasteiger partial charge in [0, 0.05) is 17.3 Å². The van der Waals surface area contributed by atoms with Crippen LogP contribution in [0.2, 0.25) is 0 Å². The second-order valence-corrected chi connectivity index (χ2v) is 4.68. The van der Waals surface area contributed by atoms with Gasteiger partial charge in [0.2, 0.25) is 0 Å². The molecular weight excluding hydrogens is 224 g/mol. The molecule has 0 bridgehead atoms. The Labute approximate surface area is 97.1 Å². The predicted molar refractivity (Wildman–Crippen MR) is 63.5 cm³/mol. The standard InChI is InChI=1S/C11H12N2O2S/c1-8-9(6-10(16-8)11(14)15)7-12-13-4-2-3-5-13/h2-6,12H,7H2,1H3,(H,14,15). The summed E-state index contributed by atoms with van der Waals surface area (Å²) in [7, 11) is 0. The lowest BCUT2D eigenvalue weighted by molar-refractivity contribution is 0.0702. The fourth-order valence-corrected chi connectivity index (χ4v) is 2.30. The lowest BCUT2D eigenvalue weighted by Crippen LogP contribution is -2.11. The zero-order valence-corrected chi connectivity index (χ0v) is 9.62. The second-order valence-electron chi connectivity index (χ2n) is 3.42. The van der Waals surface area contributed by atoms with Crippen LogP contribution in [0.1, 0.15) is 20.1 Å². The minimum atomic E-state index is -0.861. The summed E-state index contributed by atoms with van der Waals surface area (Å²) in [6, 6.07) is 5.57. The van der Waals surface area contributed by atoms with E-state index in [0.29, 0.717) is 11.4 Å². The van der Waals surface area contributed by atoms with E-state index < -0.39 is 5.97 Å². The molecule has 0 unspecified atom stereocenters. The first-order chi connectivity index (χ1) is 7.66. The summed E-state index contributed by atoms with van der Waals surface area (Å²) in [5.74, 6) is -0.861. The first kappa shape index (κ1) is 10.8. The summed E-state index contributed by atoms with van der Waals surface area (Å²) < 4.78 is 1.84. The SMILES string of the molecule is Cc1sc(C(=O)O)cc1CNn1cccc1. The van der Waals surface area contributed by atoms with E-state index in [1.165, 1.54) is 11.3 Å². The van der Waals surface area contributed by atoms with Crippen molar-refractivity contribution in [1.29, 1.82) is 0 Å². The van der Waals surface area contributed by atoms with Crippen molar-refractivity contribution in [2.24, 2.45) is 0 Å². The van der Waals surface area contributed by atoms with E-state index in [4.69, 9.17) is 5.11 Å². The van der Waals surface area contributed by atoms with E-state index in [-0.39, 0.29) is 0 Å². The number of aromatic carboxylic acids is 1. The summed E-state index contributed by atoms with van der Waals surface area (Å²) in [6.45, 7) is 2.56. The van der Waals surface area contributed by atoms with Crippen LogP contribution in [0.15, 0.2) is 30.6 Å². The maximum Gasteiger partial charge on any atom is 0.345 e.